The number of nitriles is 1. The van der Waals surface area contributed by atoms with Gasteiger partial charge in [-0.05, 0) is 89.7 Å². The maximum Gasteiger partial charge on any atom is 0.150 e. The molecule has 2 atom stereocenters. The van der Waals surface area contributed by atoms with Gasteiger partial charge in [0.05, 0.1) is 36.4 Å². The van der Waals surface area contributed by atoms with Crippen molar-refractivity contribution >= 4 is 16.7 Å². The van der Waals surface area contributed by atoms with E-state index in [0.717, 1.165) is 91.8 Å². The average molecular weight is 530 g/mol. The minimum absolute atomic E-state index is 0.102. The monoisotopic (exact) mass is 529 g/mol. The average Bonchev–Trinajstić information content (AvgIpc) is 3.47. The van der Waals surface area contributed by atoms with E-state index in [-0.39, 0.29) is 12.3 Å². The van der Waals surface area contributed by atoms with E-state index in [1.807, 2.05) is 29.2 Å². The van der Waals surface area contributed by atoms with Gasteiger partial charge >= 0.3 is 0 Å². The highest BCUT2D eigenvalue weighted by Crippen LogP contribution is 2.45. The first kappa shape index (κ1) is 26.2. The molecule has 2 aliphatic heterocycles. The summed E-state index contributed by atoms with van der Waals surface area (Å²) in [6, 6.07) is 9.73. The first-order valence-corrected chi connectivity index (χ1v) is 14.4. The van der Waals surface area contributed by atoms with Crippen LogP contribution in [-0.2, 0) is 14.9 Å². The summed E-state index contributed by atoms with van der Waals surface area (Å²) in [5.74, 6) is 0.895. The number of hydrogen-bond donors (Lipinski definition) is 0. The minimum Gasteiger partial charge on any atom is -0.377 e. The molecular formula is C30H39N7O2. The van der Waals surface area contributed by atoms with Gasteiger partial charge in [-0.15, -0.1) is 0 Å². The summed E-state index contributed by atoms with van der Waals surface area (Å²) < 4.78 is 13.8. The molecule has 3 aliphatic rings. The van der Waals surface area contributed by atoms with Gasteiger partial charge in [-0.25, -0.2) is 9.67 Å². The molecule has 0 radical (unpaired) electrons. The lowest BCUT2D eigenvalue weighted by Crippen LogP contribution is -2.44. The molecule has 6 rings (SSSR count). The van der Waals surface area contributed by atoms with Gasteiger partial charge < -0.3 is 19.3 Å². The topological polar surface area (TPSA) is 92.3 Å². The van der Waals surface area contributed by atoms with E-state index in [1.165, 1.54) is 0 Å². The second-order valence-electron chi connectivity index (χ2n) is 11.6. The van der Waals surface area contributed by atoms with Gasteiger partial charge in [0, 0.05) is 37.0 Å². The molecule has 1 saturated carbocycles. The number of rotatable bonds is 5. The van der Waals surface area contributed by atoms with Crippen LogP contribution < -0.4 is 4.90 Å². The number of aromatic nitrogens is 4. The Labute approximate surface area is 230 Å². The number of fused-ring (bicyclic) bond motifs is 1. The van der Waals surface area contributed by atoms with Gasteiger partial charge in [-0.2, -0.15) is 10.4 Å². The zero-order chi connectivity index (χ0) is 27.0. The summed E-state index contributed by atoms with van der Waals surface area (Å²) in [6.07, 6.45) is 10.4. The fraction of sp³-hybridized carbons (Fsp3) is 0.600. The molecule has 3 fully saturated rings. The number of pyridine rings is 2. The Hall–Kier alpha value is -3.06. The van der Waals surface area contributed by atoms with Crippen LogP contribution in [0.1, 0.15) is 63.7 Å². The zero-order valence-electron chi connectivity index (χ0n) is 23.3. The molecule has 206 valence electrons. The molecule has 9 nitrogen and oxygen atoms in total. The molecule has 1 unspecified atom stereocenters. The molecule has 0 bridgehead atoms. The Morgan fingerprint density at radius 2 is 1.95 bits per heavy atom. The predicted octanol–water partition coefficient (Wildman–Crippen LogP) is 4.68. The van der Waals surface area contributed by atoms with Crippen molar-refractivity contribution in [1.29, 1.82) is 5.26 Å². The highest BCUT2D eigenvalue weighted by molar-refractivity contribution is 5.94. The van der Waals surface area contributed by atoms with Crippen molar-refractivity contribution < 1.29 is 9.47 Å². The minimum atomic E-state index is -0.566. The molecule has 3 aromatic heterocycles. The van der Waals surface area contributed by atoms with Crippen LogP contribution in [0.5, 0.6) is 0 Å². The lowest BCUT2D eigenvalue weighted by molar-refractivity contribution is -0.0383. The summed E-state index contributed by atoms with van der Waals surface area (Å²) in [5.41, 5.74) is 3.03. The molecule has 1 aliphatic carbocycles. The highest BCUT2D eigenvalue weighted by Gasteiger charge is 2.40. The normalized spacial score (nSPS) is 28.1. The summed E-state index contributed by atoms with van der Waals surface area (Å²) in [4.78, 5) is 14.7. The van der Waals surface area contributed by atoms with Crippen molar-refractivity contribution in [3.63, 3.8) is 0 Å². The first-order valence-electron chi connectivity index (χ1n) is 14.4. The third-order valence-corrected chi connectivity index (χ3v) is 8.99. The molecule has 0 aromatic carbocycles. The van der Waals surface area contributed by atoms with E-state index in [1.54, 1.807) is 0 Å². The maximum atomic E-state index is 10.7. The first-order chi connectivity index (χ1) is 19.0. The summed E-state index contributed by atoms with van der Waals surface area (Å²) in [7, 11) is 4.28. The fourth-order valence-corrected chi connectivity index (χ4v) is 6.64. The molecule has 3 aromatic rings. The Morgan fingerprint density at radius 3 is 2.67 bits per heavy atom. The van der Waals surface area contributed by atoms with Crippen LogP contribution >= 0.6 is 0 Å². The van der Waals surface area contributed by atoms with Crippen molar-refractivity contribution in [2.75, 3.05) is 45.4 Å². The lowest BCUT2D eigenvalue weighted by atomic mass is 9.68. The Balaban J connectivity index is 1.53. The van der Waals surface area contributed by atoms with Crippen molar-refractivity contribution in [2.45, 2.75) is 75.6 Å². The largest absolute Gasteiger partial charge is 0.377 e. The van der Waals surface area contributed by atoms with Crippen molar-refractivity contribution in [3.8, 4) is 17.5 Å². The van der Waals surface area contributed by atoms with Crippen molar-refractivity contribution in [1.82, 2.24) is 24.6 Å². The molecule has 39 heavy (non-hydrogen) atoms. The van der Waals surface area contributed by atoms with Crippen molar-refractivity contribution in [2.24, 2.45) is 0 Å². The number of anilines is 1. The second kappa shape index (κ2) is 10.8. The number of nitrogens with zero attached hydrogens (tertiary/aromatic N) is 7. The molecule has 0 N–H and O–H groups in total. The van der Waals surface area contributed by atoms with Gasteiger partial charge in [-0.1, -0.05) is 0 Å². The van der Waals surface area contributed by atoms with Crippen LogP contribution in [-0.4, -0.2) is 77.2 Å². The van der Waals surface area contributed by atoms with Gasteiger partial charge in [-0.3, -0.25) is 4.98 Å². The van der Waals surface area contributed by atoms with E-state index in [0.29, 0.717) is 19.3 Å². The Kier molecular flexibility index (Phi) is 7.27. The van der Waals surface area contributed by atoms with E-state index >= 15 is 0 Å². The zero-order valence-corrected chi connectivity index (χ0v) is 23.3. The molecule has 0 spiro atoms. The standard InChI is InChI=1S/C30H39N7O2/c1-21-19-38-17-15-36(21)26-18-24(30(20-31)11-7-22(8-12-30)35(2)3)23-9-13-32-29(28(23)34-26)25-10-14-33-37(25)27-6-4-5-16-39-27/h9-10,13-14,18,21-22,27H,4-8,11-12,15-17,19H2,1-3H3/t21-,22?,27?,30?/m1/s1. The van der Waals surface area contributed by atoms with Crippen molar-refractivity contribution in [3.05, 3.63) is 36.2 Å². The Bertz CT molecular complexity index is 1350. The maximum absolute atomic E-state index is 10.7. The van der Waals surface area contributed by atoms with Crippen LogP contribution in [0.2, 0.25) is 0 Å². The van der Waals surface area contributed by atoms with E-state index < -0.39 is 5.41 Å². The summed E-state index contributed by atoms with van der Waals surface area (Å²) >= 11 is 0. The second-order valence-corrected chi connectivity index (χ2v) is 11.6. The quantitative estimate of drug-likeness (QED) is 0.470. The fourth-order valence-electron chi connectivity index (χ4n) is 6.64. The summed E-state index contributed by atoms with van der Waals surface area (Å²) in [6.45, 7) is 5.01. The number of ether oxygens (including phenoxy) is 2. The molecule has 9 heteroatoms. The predicted molar refractivity (Wildman–Crippen MR) is 150 cm³/mol. The number of morpholine rings is 1. The molecule has 5 heterocycles. The molecule has 0 amide bonds. The lowest BCUT2D eigenvalue weighted by Gasteiger charge is -2.39. The Morgan fingerprint density at radius 1 is 1.10 bits per heavy atom. The third kappa shape index (κ3) is 4.79. The SMILES string of the molecule is C[C@@H]1COCCN1c1cc(C2(C#N)CCC(N(C)C)CC2)c2ccnc(-c3ccnn3C3CCCCO3)c2n1. The number of hydrogen-bond acceptors (Lipinski definition) is 8. The van der Waals surface area contributed by atoms with Crippen LogP contribution in [0.15, 0.2) is 30.6 Å². The molecule has 2 saturated heterocycles. The van der Waals surface area contributed by atoms with Crippen LogP contribution in [0.4, 0.5) is 5.82 Å². The third-order valence-electron chi connectivity index (χ3n) is 8.99. The summed E-state index contributed by atoms with van der Waals surface area (Å²) in [5, 5.41) is 16.4. The van der Waals surface area contributed by atoms with Gasteiger partial charge in [0.25, 0.3) is 0 Å². The van der Waals surface area contributed by atoms with Crippen LogP contribution in [0.3, 0.4) is 0 Å². The van der Waals surface area contributed by atoms with E-state index in [9.17, 15) is 5.26 Å². The molecular weight excluding hydrogens is 490 g/mol. The van der Waals surface area contributed by atoms with Gasteiger partial charge in [0.2, 0.25) is 0 Å². The van der Waals surface area contributed by atoms with Gasteiger partial charge in [0.1, 0.15) is 17.0 Å². The van der Waals surface area contributed by atoms with E-state index in [2.05, 4.69) is 48.1 Å². The van der Waals surface area contributed by atoms with Crippen LogP contribution in [0.25, 0.3) is 22.3 Å². The smallest absolute Gasteiger partial charge is 0.150 e. The van der Waals surface area contributed by atoms with Gasteiger partial charge in [0.15, 0.2) is 6.23 Å². The van der Waals surface area contributed by atoms with Crippen LogP contribution in [0, 0.1) is 11.3 Å². The highest BCUT2D eigenvalue weighted by atomic mass is 16.5. The van der Waals surface area contributed by atoms with E-state index in [4.69, 9.17) is 19.4 Å².